The lowest BCUT2D eigenvalue weighted by molar-refractivity contribution is 0.978. The maximum atomic E-state index is 5.42. The second kappa shape index (κ2) is 11.1. The Bertz CT molecular complexity index is 3010. The summed E-state index contributed by atoms with van der Waals surface area (Å²) in [6.07, 6.45) is 8.78. The third kappa shape index (κ3) is 4.19. The minimum absolute atomic E-state index is 0.705. The van der Waals surface area contributed by atoms with Gasteiger partial charge in [-0.3, -0.25) is 4.57 Å². The summed E-state index contributed by atoms with van der Waals surface area (Å²) >= 11 is 1.91. The molecular formula is C46H30N4S. The normalized spacial score (nSPS) is 13.4. The van der Waals surface area contributed by atoms with E-state index in [4.69, 9.17) is 9.97 Å². The van der Waals surface area contributed by atoms with Crippen molar-refractivity contribution >= 4 is 80.8 Å². The second-order valence-electron chi connectivity index (χ2n) is 13.2. The van der Waals surface area contributed by atoms with E-state index in [-0.39, 0.29) is 0 Å². The highest BCUT2D eigenvalue weighted by atomic mass is 32.1. The molecule has 10 aromatic rings. The molecule has 0 atom stereocenters. The SMILES string of the molecule is C1=CCCC(n2c3ccccc3c3c4sc5ccccc5c4c4c5ccccc5n(-c5cc(-c6ccccc6)nc(-c6ccccc6)n5)c4c32)=C1. The number of fused-ring (bicyclic) bond motifs is 12. The number of hydrogen-bond donors (Lipinski definition) is 0. The highest BCUT2D eigenvalue weighted by Gasteiger charge is 2.28. The van der Waals surface area contributed by atoms with Crippen molar-refractivity contribution in [2.75, 3.05) is 0 Å². The maximum absolute atomic E-state index is 5.42. The summed E-state index contributed by atoms with van der Waals surface area (Å²) in [5.41, 5.74) is 9.00. The Labute approximate surface area is 297 Å². The molecule has 0 radical (unpaired) electrons. The summed E-state index contributed by atoms with van der Waals surface area (Å²) < 4.78 is 7.61. The molecule has 0 saturated heterocycles. The number of para-hydroxylation sites is 2. The van der Waals surface area contributed by atoms with E-state index in [9.17, 15) is 0 Å². The number of nitrogens with zero attached hydrogens (tertiary/aromatic N) is 4. The Balaban J connectivity index is 1.41. The third-order valence-corrected chi connectivity index (χ3v) is 11.6. The zero-order valence-electron chi connectivity index (χ0n) is 27.6. The third-order valence-electron chi connectivity index (χ3n) is 10.4. The lowest BCUT2D eigenvalue weighted by atomic mass is 10.0. The Morgan fingerprint density at radius 1 is 0.549 bits per heavy atom. The van der Waals surface area contributed by atoms with E-state index >= 15 is 0 Å². The molecule has 0 aliphatic heterocycles. The molecule has 0 saturated carbocycles. The van der Waals surface area contributed by atoms with Gasteiger partial charge in [-0.2, -0.15) is 0 Å². The molecule has 0 bridgehead atoms. The van der Waals surface area contributed by atoms with Crippen molar-refractivity contribution in [1.29, 1.82) is 0 Å². The van der Waals surface area contributed by atoms with Gasteiger partial charge in [-0.25, -0.2) is 9.97 Å². The van der Waals surface area contributed by atoms with E-state index < -0.39 is 0 Å². The van der Waals surface area contributed by atoms with Crippen molar-refractivity contribution in [1.82, 2.24) is 19.1 Å². The van der Waals surface area contributed by atoms with Crippen molar-refractivity contribution in [3.05, 3.63) is 158 Å². The molecule has 5 heteroatoms. The molecule has 0 fully saturated rings. The molecule has 1 aliphatic rings. The standard InChI is InChI=1S/C46H30N4S/c1-4-16-29(17-5-1)35-28-39(48-46(47-35)30-18-6-2-7-19-30)50-37-26-14-10-22-32(37)40-41-34-24-12-15-27-38(34)51-45(41)42-33-23-11-13-25-36(33)49(44(42)43(40)50)31-20-8-3-9-21-31/h1-8,10-20,22-28H,9,21H2. The van der Waals surface area contributed by atoms with Gasteiger partial charge in [-0.15, -0.1) is 11.3 Å². The van der Waals surface area contributed by atoms with E-state index in [1.54, 1.807) is 0 Å². The number of thiophene rings is 1. The average Bonchev–Trinajstić information content (AvgIpc) is 3.87. The lowest BCUT2D eigenvalue weighted by Crippen LogP contribution is -2.04. The number of benzene rings is 6. The van der Waals surface area contributed by atoms with Crippen LogP contribution in [-0.2, 0) is 0 Å². The van der Waals surface area contributed by atoms with Crippen molar-refractivity contribution in [3.8, 4) is 28.5 Å². The Hall–Kier alpha value is -6.30. The van der Waals surface area contributed by atoms with E-state index in [1.807, 2.05) is 17.4 Å². The van der Waals surface area contributed by atoms with Crippen LogP contribution in [0.15, 0.2) is 158 Å². The van der Waals surface area contributed by atoms with Crippen LogP contribution >= 0.6 is 11.3 Å². The van der Waals surface area contributed by atoms with Gasteiger partial charge < -0.3 is 4.57 Å². The molecule has 4 nitrogen and oxygen atoms in total. The van der Waals surface area contributed by atoms with Gasteiger partial charge in [0.2, 0.25) is 0 Å². The number of hydrogen-bond acceptors (Lipinski definition) is 3. The van der Waals surface area contributed by atoms with Gasteiger partial charge in [-0.1, -0.05) is 127 Å². The molecule has 240 valence electrons. The largest absolute Gasteiger partial charge is 0.311 e. The van der Waals surface area contributed by atoms with Gasteiger partial charge in [0.05, 0.1) is 27.8 Å². The van der Waals surface area contributed by atoms with Crippen LogP contribution in [0.25, 0.3) is 97.9 Å². The van der Waals surface area contributed by atoms with Crippen LogP contribution in [0.5, 0.6) is 0 Å². The summed E-state index contributed by atoms with van der Waals surface area (Å²) in [5.74, 6) is 1.56. The fourth-order valence-corrected chi connectivity index (χ4v) is 9.48. The summed E-state index contributed by atoms with van der Waals surface area (Å²) in [5, 5.41) is 7.67. The molecule has 0 amide bonds. The summed E-state index contributed by atoms with van der Waals surface area (Å²) in [6.45, 7) is 0. The minimum atomic E-state index is 0.705. The van der Waals surface area contributed by atoms with Crippen LogP contribution in [0.1, 0.15) is 12.8 Å². The quantitative estimate of drug-likeness (QED) is 0.187. The van der Waals surface area contributed by atoms with Crippen LogP contribution in [0, 0.1) is 0 Å². The predicted octanol–water partition coefficient (Wildman–Crippen LogP) is 12.6. The first-order valence-corrected chi connectivity index (χ1v) is 18.3. The summed E-state index contributed by atoms with van der Waals surface area (Å²) in [4.78, 5) is 10.6. The highest BCUT2D eigenvalue weighted by molar-refractivity contribution is 7.27. The Kier molecular flexibility index (Phi) is 6.21. The van der Waals surface area contributed by atoms with Crippen molar-refractivity contribution in [2.45, 2.75) is 12.8 Å². The molecule has 4 aromatic heterocycles. The van der Waals surface area contributed by atoms with Crippen LogP contribution in [0.4, 0.5) is 0 Å². The van der Waals surface area contributed by atoms with Gasteiger partial charge in [0, 0.05) is 64.6 Å². The fourth-order valence-electron chi connectivity index (χ4n) is 8.22. The molecule has 0 N–H and O–H groups in total. The lowest BCUT2D eigenvalue weighted by Gasteiger charge is -2.17. The van der Waals surface area contributed by atoms with Crippen LogP contribution < -0.4 is 0 Å². The molecule has 1 aliphatic carbocycles. The van der Waals surface area contributed by atoms with Crippen LogP contribution in [0.2, 0.25) is 0 Å². The monoisotopic (exact) mass is 670 g/mol. The first-order chi connectivity index (χ1) is 25.3. The number of allylic oxidation sites excluding steroid dienone is 4. The number of rotatable bonds is 4. The first-order valence-electron chi connectivity index (χ1n) is 17.5. The van der Waals surface area contributed by atoms with Gasteiger partial charge in [0.25, 0.3) is 0 Å². The maximum Gasteiger partial charge on any atom is 0.162 e. The zero-order valence-corrected chi connectivity index (χ0v) is 28.4. The molecule has 51 heavy (non-hydrogen) atoms. The van der Waals surface area contributed by atoms with Gasteiger partial charge in [0.15, 0.2) is 5.82 Å². The molecular weight excluding hydrogens is 641 g/mol. The zero-order chi connectivity index (χ0) is 33.5. The van der Waals surface area contributed by atoms with Gasteiger partial charge in [0.1, 0.15) is 5.82 Å². The predicted molar refractivity (Wildman–Crippen MR) is 216 cm³/mol. The van der Waals surface area contributed by atoms with Crippen molar-refractivity contribution < 1.29 is 0 Å². The highest BCUT2D eigenvalue weighted by Crippen LogP contribution is 2.51. The molecule has 11 rings (SSSR count). The summed E-state index contributed by atoms with van der Waals surface area (Å²) in [6, 6.07) is 49.7. The Morgan fingerprint density at radius 3 is 1.92 bits per heavy atom. The van der Waals surface area contributed by atoms with Crippen LogP contribution in [0.3, 0.4) is 0 Å². The van der Waals surface area contributed by atoms with Gasteiger partial charge >= 0.3 is 0 Å². The Morgan fingerprint density at radius 2 is 1.18 bits per heavy atom. The van der Waals surface area contributed by atoms with Crippen molar-refractivity contribution in [2.24, 2.45) is 0 Å². The van der Waals surface area contributed by atoms with E-state index in [0.29, 0.717) is 5.82 Å². The molecule has 0 unspecified atom stereocenters. The second-order valence-corrected chi connectivity index (χ2v) is 14.3. The molecule has 4 heterocycles. The van der Waals surface area contributed by atoms with E-state index in [0.717, 1.165) is 41.0 Å². The van der Waals surface area contributed by atoms with Crippen LogP contribution in [-0.4, -0.2) is 19.1 Å². The molecule has 6 aromatic carbocycles. The van der Waals surface area contributed by atoms with E-state index in [1.165, 1.54) is 64.0 Å². The average molecular weight is 671 g/mol. The molecule has 0 spiro atoms. The van der Waals surface area contributed by atoms with Crippen molar-refractivity contribution in [3.63, 3.8) is 0 Å². The fraction of sp³-hybridized carbons (Fsp3) is 0.0435. The topological polar surface area (TPSA) is 35.6 Å². The minimum Gasteiger partial charge on any atom is -0.311 e. The van der Waals surface area contributed by atoms with Gasteiger partial charge in [-0.05, 0) is 37.1 Å². The van der Waals surface area contributed by atoms with E-state index in [2.05, 4.69) is 161 Å². The number of aromatic nitrogens is 4. The summed E-state index contributed by atoms with van der Waals surface area (Å²) in [7, 11) is 0. The smallest absolute Gasteiger partial charge is 0.162 e. The first kappa shape index (κ1) is 28.5.